The third-order valence-electron chi connectivity index (χ3n) is 10.3. The number of pyridine rings is 1. The first kappa shape index (κ1) is 31.0. The monoisotopic (exact) mass is 723 g/mol. The maximum Gasteiger partial charge on any atom is 0.160 e. The number of benzene rings is 7. The quantitative estimate of drug-likeness (QED) is 0.177. The van der Waals surface area contributed by atoms with Crippen molar-refractivity contribution in [2.75, 3.05) is 0 Å². The predicted octanol–water partition coefficient (Wildman–Crippen LogP) is 14.1. The Kier molecular flexibility index (Phi) is 7.22. The predicted molar refractivity (Wildman–Crippen MR) is 230 cm³/mol. The highest BCUT2D eigenvalue weighted by Crippen LogP contribution is 2.44. The number of para-hydroxylation sites is 1. The molecule has 0 fully saturated rings. The minimum absolute atomic E-state index is 0.702. The van der Waals surface area contributed by atoms with E-state index in [0.29, 0.717) is 5.82 Å². The van der Waals surface area contributed by atoms with Crippen LogP contribution in [-0.4, -0.2) is 15.0 Å². The van der Waals surface area contributed by atoms with Gasteiger partial charge in [0.2, 0.25) is 0 Å². The molecule has 0 bridgehead atoms. The average Bonchev–Trinajstić information content (AvgIpc) is 3.83. The number of fused-ring (bicyclic) bond motifs is 8. The highest BCUT2D eigenvalue weighted by Gasteiger charge is 2.18. The Bertz CT molecular complexity index is 3200. The van der Waals surface area contributed by atoms with E-state index in [4.69, 9.17) is 15.0 Å². The molecule has 0 amide bonds. The van der Waals surface area contributed by atoms with Crippen LogP contribution in [-0.2, 0) is 0 Å². The normalized spacial score (nSPS) is 11.7. The number of nitrogens with zero attached hydrogens (tertiary/aromatic N) is 3. The standard InChI is InChI=1S/C49H29N3S2/c1-3-12-31(13-4-1)41-29-42(32-24-22-30(23-25-32)35-18-11-19-37-36-16-8-10-21-43(36)53-47(35)37)52-49(51-41)34-26-27-44-39(28-34)45-38-17-7-9-20-40(38)50-46(48(45)54-44)33-14-5-2-6-15-33/h1-29H. The molecule has 11 aromatic rings. The molecule has 0 aliphatic rings. The zero-order valence-corrected chi connectivity index (χ0v) is 30.5. The summed E-state index contributed by atoms with van der Waals surface area (Å²) in [5, 5.41) is 6.19. The summed E-state index contributed by atoms with van der Waals surface area (Å²) in [6, 6.07) is 62.3. The molecule has 5 heteroatoms. The Labute approximate surface area is 319 Å². The molecular weight excluding hydrogens is 695 g/mol. The second kappa shape index (κ2) is 12.6. The lowest BCUT2D eigenvalue weighted by Gasteiger charge is -2.11. The Hall–Kier alpha value is -6.53. The lowest BCUT2D eigenvalue weighted by atomic mass is 10.00. The van der Waals surface area contributed by atoms with Gasteiger partial charge in [0.25, 0.3) is 0 Å². The summed E-state index contributed by atoms with van der Waals surface area (Å²) >= 11 is 3.66. The van der Waals surface area contributed by atoms with Gasteiger partial charge in [0, 0.05) is 63.3 Å². The number of thiophene rings is 2. The average molecular weight is 724 g/mol. The van der Waals surface area contributed by atoms with E-state index in [0.717, 1.165) is 50.2 Å². The van der Waals surface area contributed by atoms with Gasteiger partial charge >= 0.3 is 0 Å². The van der Waals surface area contributed by atoms with E-state index in [9.17, 15) is 0 Å². The van der Waals surface area contributed by atoms with E-state index in [2.05, 4.69) is 170 Å². The summed E-state index contributed by atoms with van der Waals surface area (Å²) in [5.74, 6) is 0.702. The Morgan fingerprint density at radius 2 is 0.944 bits per heavy atom. The minimum atomic E-state index is 0.702. The molecule has 4 aromatic heterocycles. The first-order chi connectivity index (χ1) is 26.7. The molecule has 0 N–H and O–H groups in total. The summed E-state index contributed by atoms with van der Waals surface area (Å²) in [6.07, 6.45) is 0. The van der Waals surface area contributed by atoms with Crippen molar-refractivity contribution in [3.8, 4) is 56.3 Å². The molecule has 0 atom stereocenters. The third-order valence-corrected chi connectivity index (χ3v) is 12.7. The summed E-state index contributed by atoms with van der Waals surface area (Å²) < 4.78 is 5.04. The SMILES string of the molecule is c1ccc(-c2cc(-c3ccc(-c4cccc5c4sc4ccccc45)cc3)nc(-c3ccc4sc5c(-c6ccccc6)nc6ccccc6c5c4c3)n2)cc1. The summed E-state index contributed by atoms with van der Waals surface area (Å²) in [5.41, 5.74) is 10.5. The summed E-state index contributed by atoms with van der Waals surface area (Å²) in [4.78, 5) is 15.6. The van der Waals surface area contributed by atoms with Gasteiger partial charge in [-0.2, -0.15) is 0 Å². The van der Waals surface area contributed by atoms with Crippen molar-refractivity contribution < 1.29 is 0 Å². The second-order valence-electron chi connectivity index (χ2n) is 13.5. The topological polar surface area (TPSA) is 38.7 Å². The Balaban J connectivity index is 1.07. The van der Waals surface area contributed by atoms with E-state index in [1.165, 1.54) is 51.5 Å². The summed E-state index contributed by atoms with van der Waals surface area (Å²) in [7, 11) is 0. The van der Waals surface area contributed by atoms with E-state index in [1.54, 1.807) is 11.3 Å². The molecule has 4 heterocycles. The van der Waals surface area contributed by atoms with Crippen molar-refractivity contribution in [3.05, 3.63) is 176 Å². The van der Waals surface area contributed by atoms with Crippen molar-refractivity contribution in [2.24, 2.45) is 0 Å². The maximum atomic E-state index is 5.26. The second-order valence-corrected chi connectivity index (χ2v) is 15.7. The molecule has 11 rings (SSSR count). The van der Waals surface area contributed by atoms with Crippen LogP contribution in [0, 0.1) is 0 Å². The zero-order valence-electron chi connectivity index (χ0n) is 28.9. The van der Waals surface area contributed by atoms with Crippen molar-refractivity contribution in [2.45, 2.75) is 0 Å². The largest absolute Gasteiger partial charge is 0.246 e. The van der Waals surface area contributed by atoms with E-state index in [1.807, 2.05) is 17.4 Å². The van der Waals surface area contributed by atoms with Crippen LogP contribution in [0.1, 0.15) is 0 Å². The molecular formula is C49H29N3S2. The van der Waals surface area contributed by atoms with Crippen LogP contribution in [0.25, 0.3) is 108 Å². The third kappa shape index (κ3) is 5.12. The molecule has 0 aliphatic heterocycles. The van der Waals surface area contributed by atoms with Crippen LogP contribution in [0.3, 0.4) is 0 Å². The minimum Gasteiger partial charge on any atom is -0.246 e. The van der Waals surface area contributed by atoms with Crippen LogP contribution < -0.4 is 0 Å². The van der Waals surface area contributed by atoms with Gasteiger partial charge in [-0.3, -0.25) is 0 Å². The van der Waals surface area contributed by atoms with Gasteiger partial charge in [0.05, 0.1) is 27.3 Å². The van der Waals surface area contributed by atoms with Gasteiger partial charge in [-0.05, 0) is 47.5 Å². The highest BCUT2D eigenvalue weighted by molar-refractivity contribution is 7.26. The number of rotatable bonds is 5. The van der Waals surface area contributed by atoms with Crippen molar-refractivity contribution >= 4 is 73.9 Å². The van der Waals surface area contributed by atoms with Crippen molar-refractivity contribution in [3.63, 3.8) is 0 Å². The first-order valence-electron chi connectivity index (χ1n) is 18.0. The van der Waals surface area contributed by atoms with Gasteiger partial charge in [-0.15, -0.1) is 22.7 Å². The van der Waals surface area contributed by atoms with Gasteiger partial charge in [-0.1, -0.05) is 140 Å². The fraction of sp³-hybridized carbons (Fsp3) is 0. The molecule has 0 spiro atoms. The van der Waals surface area contributed by atoms with Gasteiger partial charge in [0.1, 0.15) is 0 Å². The van der Waals surface area contributed by atoms with Crippen molar-refractivity contribution in [1.82, 2.24) is 15.0 Å². The van der Waals surface area contributed by atoms with E-state index >= 15 is 0 Å². The van der Waals surface area contributed by atoms with Crippen LogP contribution in [0.2, 0.25) is 0 Å². The number of aromatic nitrogens is 3. The van der Waals surface area contributed by atoms with Crippen LogP contribution in [0.5, 0.6) is 0 Å². The molecule has 54 heavy (non-hydrogen) atoms. The van der Waals surface area contributed by atoms with Crippen molar-refractivity contribution in [1.29, 1.82) is 0 Å². The fourth-order valence-electron chi connectivity index (χ4n) is 7.69. The zero-order chi connectivity index (χ0) is 35.6. The van der Waals surface area contributed by atoms with Gasteiger partial charge in [-0.25, -0.2) is 15.0 Å². The maximum absolute atomic E-state index is 5.26. The van der Waals surface area contributed by atoms with Gasteiger partial charge < -0.3 is 0 Å². The van der Waals surface area contributed by atoms with Crippen LogP contribution >= 0.6 is 22.7 Å². The molecule has 252 valence electrons. The van der Waals surface area contributed by atoms with E-state index in [-0.39, 0.29) is 0 Å². The first-order valence-corrected chi connectivity index (χ1v) is 19.6. The van der Waals surface area contributed by atoms with Crippen LogP contribution in [0.4, 0.5) is 0 Å². The molecule has 0 aliphatic carbocycles. The fourth-order valence-corrected chi connectivity index (χ4v) is 10.1. The molecule has 0 saturated heterocycles. The van der Waals surface area contributed by atoms with Gasteiger partial charge in [0.15, 0.2) is 5.82 Å². The Morgan fingerprint density at radius 3 is 1.74 bits per heavy atom. The lowest BCUT2D eigenvalue weighted by molar-refractivity contribution is 1.18. The molecule has 0 saturated carbocycles. The summed E-state index contributed by atoms with van der Waals surface area (Å²) in [6.45, 7) is 0. The van der Waals surface area contributed by atoms with Crippen LogP contribution in [0.15, 0.2) is 176 Å². The molecule has 0 radical (unpaired) electrons. The number of hydrogen-bond acceptors (Lipinski definition) is 5. The molecule has 7 aromatic carbocycles. The molecule has 0 unspecified atom stereocenters. The van der Waals surface area contributed by atoms with E-state index < -0.39 is 0 Å². The highest BCUT2D eigenvalue weighted by atomic mass is 32.1. The lowest BCUT2D eigenvalue weighted by Crippen LogP contribution is -1.96. The number of hydrogen-bond donors (Lipinski definition) is 0. The molecule has 3 nitrogen and oxygen atoms in total. The Morgan fingerprint density at radius 1 is 0.352 bits per heavy atom. The smallest absolute Gasteiger partial charge is 0.160 e.